The molecule has 272 valence electrons. The van der Waals surface area contributed by atoms with Crippen LogP contribution in [0.4, 0.5) is 3.89 Å². The van der Waals surface area contributed by atoms with E-state index >= 15 is 0 Å². The van der Waals surface area contributed by atoms with Gasteiger partial charge in [0.25, 0.3) is 0 Å². The Bertz CT molecular complexity index is 1390. The molecule has 0 amide bonds. The van der Waals surface area contributed by atoms with E-state index in [0.29, 0.717) is 21.3 Å². The van der Waals surface area contributed by atoms with E-state index in [1.54, 1.807) is 0 Å². The third kappa shape index (κ3) is 7.69. The zero-order chi connectivity index (χ0) is 34.8. The van der Waals surface area contributed by atoms with Gasteiger partial charge in [-0.25, -0.2) is 0 Å². The van der Waals surface area contributed by atoms with Gasteiger partial charge in [0.1, 0.15) is 17.0 Å². The van der Waals surface area contributed by atoms with Crippen LogP contribution in [0.15, 0.2) is 28.0 Å². The summed E-state index contributed by atoms with van der Waals surface area (Å²) in [4.78, 5) is 27.5. The monoisotopic (exact) mass is 736 g/mol. The number of hydrogen-bond acceptors (Lipinski definition) is 9. The summed E-state index contributed by atoms with van der Waals surface area (Å²) in [5.74, 6) is 4.78. The van der Waals surface area contributed by atoms with Crippen molar-refractivity contribution in [3.05, 3.63) is 18.2 Å². The van der Waals surface area contributed by atoms with Crippen molar-refractivity contribution in [1.82, 2.24) is 0 Å². The van der Waals surface area contributed by atoms with Crippen molar-refractivity contribution < 1.29 is 35.5 Å². The fourth-order valence-corrected chi connectivity index (χ4v) is 14.2. The highest BCUT2D eigenvalue weighted by Gasteiger charge is 2.60. The van der Waals surface area contributed by atoms with Crippen molar-refractivity contribution >= 4 is 46.0 Å². The van der Waals surface area contributed by atoms with Crippen LogP contribution in [0.1, 0.15) is 118 Å². The molecule has 0 spiro atoms. The van der Waals surface area contributed by atoms with Gasteiger partial charge in [-0.05, 0) is 158 Å². The van der Waals surface area contributed by atoms with E-state index in [2.05, 4.69) is 31.9 Å². The Labute approximate surface area is 300 Å². The number of rotatable bonds is 14. The molecule has 0 unspecified atom stereocenters. The summed E-state index contributed by atoms with van der Waals surface area (Å²) >= 11 is 2.72. The lowest BCUT2D eigenvalue weighted by Crippen LogP contribution is -2.57. The molecule has 0 saturated heterocycles. The van der Waals surface area contributed by atoms with Gasteiger partial charge >= 0.3 is 22.4 Å². The van der Waals surface area contributed by atoms with Crippen LogP contribution >= 0.6 is 23.5 Å². The van der Waals surface area contributed by atoms with Gasteiger partial charge in [-0.2, -0.15) is 8.42 Å². The summed E-state index contributed by atoms with van der Waals surface area (Å²) in [7, 11) is -5.22. The maximum absolute atomic E-state index is 13.5. The number of ether oxygens (including phenoxy) is 2. The lowest BCUT2D eigenvalue weighted by Gasteiger charge is -2.61. The van der Waals surface area contributed by atoms with E-state index in [1.165, 1.54) is 74.2 Å². The van der Waals surface area contributed by atoms with Crippen molar-refractivity contribution in [2.24, 2.45) is 46.3 Å². The number of benzene rings is 1. The molecular weight excluding hydrogens is 684 g/mol. The smallest absolute Gasteiger partial charge is 0.459 e. The Balaban J connectivity index is 0.923. The van der Waals surface area contributed by atoms with Gasteiger partial charge in [-0.1, -0.05) is 3.89 Å². The summed E-state index contributed by atoms with van der Waals surface area (Å²) in [5, 5.41) is 0. The minimum Gasteiger partial charge on any atom is -0.459 e. The first-order chi connectivity index (χ1) is 23.0. The van der Waals surface area contributed by atoms with Crippen molar-refractivity contribution in [1.29, 1.82) is 0 Å². The first kappa shape index (κ1) is 35.9. The molecule has 0 N–H and O–H groups in total. The largest absolute Gasteiger partial charge is 0.488 e. The molecule has 0 atom stereocenters. The highest BCUT2D eigenvalue weighted by Crippen LogP contribution is 2.65. The fourth-order valence-electron chi connectivity index (χ4n) is 12.0. The average Bonchev–Trinajstić information content (AvgIpc) is 2.94. The summed E-state index contributed by atoms with van der Waals surface area (Å²) < 4.78 is 53.2. The van der Waals surface area contributed by atoms with Crippen LogP contribution in [0.5, 0.6) is 5.75 Å². The van der Waals surface area contributed by atoms with Gasteiger partial charge in [0.15, 0.2) is 0 Å². The first-order valence-corrected chi connectivity index (χ1v) is 21.8. The van der Waals surface area contributed by atoms with E-state index < -0.39 is 21.7 Å². The van der Waals surface area contributed by atoms with Gasteiger partial charge in [0.05, 0.1) is 12.8 Å². The van der Waals surface area contributed by atoms with E-state index in [1.807, 2.05) is 6.07 Å². The van der Waals surface area contributed by atoms with Gasteiger partial charge in [0.2, 0.25) is 0 Å². The Morgan fingerprint density at radius 3 is 1.31 bits per heavy atom. The molecule has 8 saturated carbocycles. The fraction of sp³-hybridized carbons (Fsp3) is 0.789. The second-order valence-electron chi connectivity index (χ2n) is 17.7. The number of carbonyl (C=O) groups excluding carboxylic acids is 2. The molecule has 49 heavy (non-hydrogen) atoms. The summed E-state index contributed by atoms with van der Waals surface area (Å²) in [6.45, 7) is 8.36. The predicted molar refractivity (Wildman–Crippen MR) is 189 cm³/mol. The molecule has 0 aromatic heterocycles. The number of thioether (sulfide) groups is 2. The molecule has 11 heteroatoms. The maximum Gasteiger partial charge on any atom is 0.488 e. The van der Waals surface area contributed by atoms with E-state index in [4.69, 9.17) is 9.47 Å². The van der Waals surface area contributed by atoms with E-state index in [-0.39, 0.29) is 41.4 Å². The zero-order valence-corrected chi connectivity index (χ0v) is 31.9. The van der Waals surface area contributed by atoms with Crippen LogP contribution in [0.3, 0.4) is 0 Å². The molecular formula is C38H53FO7S3. The second kappa shape index (κ2) is 13.2. The minimum absolute atomic E-state index is 0.0667. The van der Waals surface area contributed by atoms with Gasteiger partial charge in [0, 0.05) is 32.1 Å². The van der Waals surface area contributed by atoms with E-state index in [0.717, 1.165) is 74.0 Å². The average molecular weight is 737 g/mol. The summed E-state index contributed by atoms with van der Waals surface area (Å²) in [6, 6.07) is 4.76. The Hall–Kier alpha value is -1.46. The molecule has 1 aromatic rings. The summed E-state index contributed by atoms with van der Waals surface area (Å²) in [5.41, 5.74) is -0.915. The van der Waals surface area contributed by atoms with Crippen LogP contribution in [-0.2, 0) is 29.6 Å². The van der Waals surface area contributed by atoms with Crippen LogP contribution in [0.25, 0.3) is 0 Å². The normalized spacial score (nSPS) is 34.6. The molecule has 8 aliphatic rings. The van der Waals surface area contributed by atoms with Gasteiger partial charge in [-0.3, -0.25) is 9.59 Å². The van der Waals surface area contributed by atoms with Crippen LogP contribution < -0.4 is 4.18 Å². The molecule has 8 fully saturated rings. The number of carbonyl (C=O) groups is 2. The highest BCUT2D eigenvalue weighted by atomic mass is 32.3. The first-order valence-electron chi connectivity index (χ1n) is 18.5. The van der Waals surface area contributed by atoms with Crippen LogP contribution in [0, 0.1) is 46.3 Å². The highest BCUT2D eigenvalue weighted by molar-refractivity contribution is 8.00. The molecule has 0 radical (unpaired) electrons. The zero-order valence-electron chi connectivity index (χ0n) is 29.5. The maximum atomic E-state index is 13.5. The third-order valence-electron chi connectivity index (χ3n) is 13.6. The van der Waals surface area contributed by atoms with Crippen LogP contribution in [0.2, 0.25) is 0 Å². The molecule has 8 aliphatic carbocycles. The van der Waals surface area contributed by atoms with Crippen molar-refractivity contribution in [3.8, 4) is 5.75 Å². The standard InChI is InChI=1S/C38H53FO7S3/c1-35(2,37-18-24-9-25(19-37)11-26(10-24)20-37)44-33(40)5-7-47-31-15-30(46-49(39,42)43)16-32(17-31)48-8-6-34(41)45-36(3,4)38-21-27-12-28(22-38)14-29(13-27)23-38/h15-17,24-29H,5-14,18-23H2,1-4H3. The van der Waals surface area contributed by atoms with Crippen LogP contribution in [-0.4, -0.2) is 43.1 Å². The van der Waals surface area contributed by atoms with Gasteiger partial charge in [-0.15, -0.1) is 23.5 Å². The third-order valence-corrected chi connectivity index (χ3v) is 15.9. The lowest BCUT2D eigenvalue weighted by atomic mass is 9.46. The number of esters is 2. The quantitative estimate of drug-likeness (QED) is 0.105. The topological polar surface area (TPSA) is 96.0 Å². The molecule has 9 rings (SSSR count). The SMILES string of the molecule is CC(C)(OC(=O)CCSc1cc(OS(=O)(=O)F)cc(SCCC(=O)OC(C)(C)C23CC4CC(CC(C4)C2)C3)c1)C12CC3CC(CC(C3)C1)C2. The molecule has 1 aromatic carbocycles. The predicted octanol–water partition coefficient (Wildman–Crippen LogP) is 9.32. The summed E-state index contributed by atoms with van der Waals surface area (Å²) in [6.07, 6.45) is 15.3. The minimum atomic E-state index is -5.22. The second-order valence-corrected chi connectivity index (χ2v) is 21.0. The lowest BCUT2D eigenvalue weighted by molar-refractivity contribution is -0.198. The Morgan fingerprint density at radius 1 is 0.673 bits per heavy atom. The van der Waals surface area contributed by atoms with Crippen molar-refractivity contribution in [3.63, 3.8) is 0 Å². The molecule has 0 heterocycles. The van der Waals surface area contributed by atoms with Crippen molar-refractivity contribution in [2.45, 2.75) is 139 Å². The van der Waals surface area contributed by atoms with Crippen molar-refractivity contribution in [2.75, 3.05) is 11.5 Å². The number of hydrogen-bond donors (Lipinski definition) is 0. The Morgan fingerprint density at radius 2 is 1.00 bits per heavy atom. The van der Waals surface area contributed by atoms with E-state index in [9.17, 15) is 21.9 Å². The number of halogens is 1. The molecule has 0 aliphatic heterocycles. The molecule has 7 nitrogen and oxygen atoms in total. The molecule has 8 bridgehead atoms. The Kier molecular flexibility index (Phi) is 9.67. The van der Waals surface area contributed by atoms with Gasteiger partial charge < -0.3 is 13.7 Å².